The molecule has 0 spiro atoms. The first kappa shape index (κ1) is 32.6. The van der Waals surface area contributed by atoms with Crippen molar-refractivity contribution in [3.8, 4) is 0 Å². The predicted octanol–water partition coefficient (Wildman–Crippen LogP) is 3.24. The lowest BCUT2D eigenvalue weighted by molar-refractivity contribution is -0.126. The number of nitrogens with zero attached hydrogens (tertiary/aromatic N) is 4. The van der Waals surface area contributed by atoms with Crippen LogP contribution >= 0.6 is 24.4 Å². The van der Waals surface area contributed by atoms with Crippen molar-refractivity contribution in [1.82, 2.24) is 19.6 Å². The Balaban J connectivity index is 1.66. The van der Waals surface area contributed by atoms with Gasteiger partial charge in [0.15, 0.2) is 5.11 Å². The molecule has 0 radical (unpaired) electrons. The lowest BCUT2D eigenvalue weighted by Crippen LogP contribution is -2.40. The highest BCUT2D eigenvalue weighted by Gasteiger charge is 2.38. The molecule has 2 aliphatic heterocycles. The van der Waals surface area contributed by atoms with E-state index >= 15 is 0 Å². The van der Waals surface area contributed by atoms with Gasteiger partial charge in [0.25, 0.3) is 0 Å². The van der Waals surface area contributed by atoms with Crippen molar-refractivity contribution in [2.45, 2.75) is 60.8 Å². The van der Waals surface area contributed by atoms with Crippen LogP contribution < -0.4 is 0 Å². The van der Waals surface area contributed by atoms with Crippen LogP contribution in [0.5, 0.6) is 0 Å². The largest absolute Gasteiger partial charge is 0.616 e. The normalized spacial score (nSPS) is 19.0. The van der Waals surface area contributed by atoms with E-state index in [2.05, 4.69) is 25.7 Å². The fourth-order valence-electron chi connectivity index (χ4n) is 4.37. The molecule has 0 aromatic heterocycles. The summed E-state index contributed by atoms with van der Waals surface area (Å²) in [5.41, 5.74) is -0.387. The van der Waals surface area contributed by atoms with E-state index < -0.39 is 22.4 Å². The van der Waals surface area contributed by atoms with Gasteiger partial charge in [-0.05, 0) is 49.7 Å². The summed E-state index contributed by atoms with van der Waals surface area (Å²) in [6.45, 7) is 15.5. The molecular formula is C25H44N4O4S4. The molecule has 0 aromatic rings. The second-order valence-electron chi connectivity index (χ2n) is 11.4. The molecule has 8 nitrogen and oxygen atoms in total. The van der Waals surface area contributed by atoms with Crippen molar-refractivity contribution < 1.29 is 18.7 Å². The fraction of sp³-hybridized carbons (Fsp3) is 0.840. The predicted molar refractivity (Wildman–Crippen MR) is 161 cm³/mol. The Kier molecular flexibility index (Phi) is 12.4. The number of thiocarbonyl (C=S) groups is 2. The SMILES string of the molecule is CCN1CC(=O)N(CC(C)(C)CC[S+]([O-])CCC[S+]([O-])CCC(C)(C)CN2C(=S)CN(CC)C2=S)C1=O. The van der Waals surface area contributed by atoms with Gasteiger partial charge in [-0.15, -0.1) is 0 Å². The first-order valence-corrected chi connectivity index (χ1v) is 16.9. The van der Waals surface area contributed by atoms with E-state index in [1.165, 1.54) is 9.80 Å². The Bertz CT molecular complexity index is 776. The van der Waals surface area contributed by atoms with Gasteiger partial charge < -0.3 is 23.8 Å². The van der Waals surface area contributed by atoms with Gasteiger partial charge in [-0.3, -0.25) is 9.69 Å². The molecule has 2 atom stereocenters. The zero-order valence-electron chi connectivity index (χ0n) is 23.2. The Morgan fingerprint density at radius 3 is 1.70 bits per heavy atom. The third kappa shape index (κ3) is 9.79. The van der Waals surface area contributed by atoms with Crippen molar-refractivity contribution in [2.24, 2.45) is 10.8 Å². The average molecular weight is 593 g/mol. The third-order valence-electron chi connectivity index (χ3n) is 6.95. The number of likely N-dealkylation sites (N-methyl/N-ethyl adjacent to an activating group) is 2. The van der Waals surface area contributed by atoms with E-state index in [9.17, 15) is 18.7 Å². The van der Waals surface area contributed by atoms with Crippen molar-refractivity contribution in [3.05, 3.63) is 0 Å². The topological polar surface area (TPSA) is 93.2 Å². The number of carbonyl (C=O) groups is 2. The number of carbonyl (C=O) groups excluding carboxylic acids is 2. The van der Waals surface area contributed by atoms with Crippen LogP contribution in [0.4, 0.5) is 4.79 Å². The van der Waals surface area contributed by atoms with E-state index in [0.717, 1.165) is 29.6 Å². The summed E-state index contributed by atoms with van der Waals surface area (Å²) in [7, 11) is 0. The Hall–Kier alpha value is -0.660. The van der Waals surface area contributed by atoms with Crippen LogP contribution in [0.25, 0.3) is 0 Å². The Labute approximate surface area is 240 Å². The highest BCUT2D eigenvalue weighted by atomic mass is 32.2. The molecule has 2 saturated heterocycles. The van der Waals surface area contributed by atoms with Gasteiger partial charge in [-0.2, -0.15) is 0 Å². The van der Waals surface area contributed by atoms with Crippen LogP contribution in [0.1, 0.15) is 60.8 Å². The minimum Gasteiger partial charge on any atom is -0.616 e. The van der Waals surface area contributed by atoms with Crippen LogP contribution in [0, 0.1) is 10.8 Å². The van der Waals surface area contributed by atoms with Crippen molar-refractivity contribution >= 4 is 68.8 Å². The molecule has 0 saturated carbocycles. The van der Waals surface area contributed by atoms with E-state index in [0.29, 0.717) is 55.5 Å². The Morgan fingerprint density at radius 2 is 1.27 bits per heavy atom. The lowest BCUT2D eigenvalue weighted by Gasteiger charge is -2.31. The molecule has 0 N–H and O–H groups in total. The molecule has 2 unspecified atom stereocenters. The highest BCUT2D eigenvalue weighted by Crippen LogP contribution is 2.27. The van der Waals surface area contributed by atoms with E-state index in [4.69, 9.17) is 24.4 Å². The fourth-order valence-corrected chi connectivity index (χ4v) is 8.19. The maximum absolute atomic E-state index is 12.6. The van der Waals surface area contributed by atoms with Gasteiger partial charge in [0, 0.05) is 32.6 Å². The first-order chi connectivity index (χ1) is 17.2. The number of amides is 3. The maximum Gasteiger partial charge on any atom is 0.327 e. The molecule has 37 heavy (non-hydrogen) atoms. The van der Waals surface area contributed by atoms with Gasteiger partial charge in [-0.25, -0.2) is 4.79 Å². The van der Waals surface area contributed by atoms with Gasteiger partial charge >= 0.3 is 6.03 Å². The molecule has 0 aromatic carbocycles. The monoisotopic (exact) mass is 592 g/mol. The van der Waals surface area contributed by atoms with Crippen LogP contribution in [0.2, 0.25) is 0 Å². The van der Waals surface area contributed by atoms with E-state index in [1.54, 1.807) is 0 Å². The van der Waals surface area contributed by atoms with Crippen molar-refractivity contribution in [1.29, 1.82) is 0 Å². The molecular weight excluding hydrogens is 549 g/mol. The maximum atomic E-state index is 12.6. The summed E-state index contributed by atoms with van der Waals surface area (Å²) < 4.78 is 25.2. The average Bonchev–Trinajstić information content (AvgIpc) is 3.25. The molecule has 0 aliphatic carbocycles. The van der Waals surface area contributed by atoms with Crippen LogP contribution in [-0.4, -0.2) is 113 Å². The van der Waals surface area contributed by atoms with Crippen molar-refractivity contribution in [2.75, 3.05) is 62.3 Å². The molecule has 2 heterocycles. The number of hydrogen-bond donors (Lipinski definition) is 0. The first-order valence-electron chi connectivity index (χ1n) is 13.1. The second kappa shape index (κ2) is 14.1. The smallest absolute Gasteiger partial charge is 0.327 e. The van der Waals surface area contributed by atoms with Crippen LogP contribution in [-0.2, 0) is 27.1 Å². The van der Waals surface area contributed by atoms with E-state index in [1.807, 2.05) is 25.7 Å². The quantitative estimate of drug-likeness (QED) is 0.153. The summed E-state index contributed by atoms with van der Waals surface area (Å²) in [4.78, 5) is 32.4. The van der Waals surface area contributed by atoms with Gasteiger partial charge in [0.05, 0.1) is 6.54 Å². The molecule has 2 rings (SSSR count). The second-order valence-corrected chi connectivity index (χ2v) is 15.7. The number of imide groups is 1. The summed E-state index contributed by atoms with van der Waals surface area (Å²) in [6.07, 6.45) is 2.10. The zero-order chi connectivity index (χ0) is 28.0. The summed E-state index contributed by atoms with van der Waals surface area (Å²) >= 11 is 9.10. The number of rotatable bonds is 16. The van der Waals surface area contributed by atoms with Gasteiger partial charge in [0.1, 0.15) is 34.5 Å². The standard InChI is InChI=1S/C25H44N4O4S4/c1-7-26-16-20(30)28(22(26)31)18-24(3,4)10-14-36(32)12-9-13-37(33)15-11-25(5,6)19-29-21(34)17-27(8-2)23(29)35/h7-19H2,1-6H3. The van der Waals surface area contributed by atoms with E-state index in [-0.39, 0.29) is 29.3 Å². The highest BCUT2D eigenvalue weighted by molar-refractivity contribution is 7.92. The van der Waals surface area contributed by atoms with Crippen LogP contribution in [0.15, 0.2) is 0 Å². The molecule has 12 heteroatoms. The van der Waals surface area contributed by atoms with Gasteiger partial charge in [-0.1, -0.05) is 62.3 Å². The molecule has 0 bridgehead atoms. The molecule has 3 amide bonds. The zero-order valence-corrected chi connectivity index (χ0v) is 26.5. The molecule has 2 fully saturated rings. The number of urea groups is 1. The third-order valence-corrected chi connectivity index (χ3v) is 10.6. The van der Waals surface area contributed by atoms with Gasteiger partial charge in [0.2, 0.25) is 5.91 Å². The lowest BCUT2D eigenvalue weighted by atomic mass is 9.89. The summed E-state index contributed by atoms with van der Waals surface area (Å²) in [6, 6.07) is -0.235. The Morgan fingerprint density at radius 1 is 0.784 bits per heavy atom. The summed E-state index contributed by atoms with van der Waals surface area (Å²) in [5, 5.41) is 0.786. The van der Waals surface area contributed by atoms with Crippen molar-refractivity contribution in [3.63, 3.8) is 0 Å². The molecule has 212 valence electrons. The minimum absolute atomic E-state index is 0.0752. The summed E-state index contributed by atoms with van der Waals surface area (Å²) in [5.74, 6) is 1.99. The number of hydrogen-bond acceptors (Lipinski definition) is 6. The minimum atomic E-state index is -1.02. The van der Waals surface area contributed by atoms with Crippen LogP contribution in [0.3, 0.4) is 0 Å². The molecule has 2 aliphatic rings.